The van der Waals surface area contributed by atoms with Gasteiger partial charge in [-0.15, -0.1) is 0 Å². The van der Waals surface area contributed by atoms with Crippen LogP contribution in [0, 0.1) is 0 Å². The highest BCUT2D eigenvalue weighted by molar-refractivity contribution is 9.08. The Kier molecular flexibility index (Phi) is 3.00. The normalized spacial score (nSPS) is 11.2. The minimum atomic E-state index is -2.41. The summed E-state index contributed by atoms with van der Waals surface area (Å²) in [6.07, 6.45) is -2.41. The van der Waals surface area contributed by atoms with Crippen molar-refractivity contribution in [3.8, 4) is 0 Å². The summed E-state index contributed by atoms with van der Waals surface area (Å²) < 4.78 is 25.4. The van der Waals surface area contributed by atoms with Crippen LogP contribution in [0.15, 0.2) is 36.4 Å². The third-order valence-electron chi connectivity index (χ3n) is 2.39. The zero-order chi connectivity index (χ0) is 10.8. The standard InChI is InChI=1S/C12H9BrF2/c13-7-10-5-8-3-1-2-4-9(8)6-11(10)12(14)15/h1-6,12H,7H2. The first-order valence-corrected chi connectivity index (χ1v) is 5.70. The number of hydrogen-bond donors (Lipinski definition) is 0. The monoisotopic (exact) mass is 270 g/mol. The Morgan fingerprint density at radius 2 is 1.67 bits per heavy atom. The Hall–Kier alpha value is -0.960. The highest BCUT2D eigenvalue weighted by Crippen LogP contribution is 2.29. The van der Waals surface area contributed by atoms with E-state index >= 15 is 0 Å². The molecule has 2 rings (SSSR count). The summed E-state index contributed by atoms with van der Waals surface area (Å²) in [4.78, 5) is 0. The van der Waals surface area contributed by atoms with Crippen molar-refractivity contribution in [1.82, 2.24) is 0 Å². The molecular weight excluding hydrogens is 262 g/mol. The van der Waals surface area contributed by atoms with Crippen molar-refractivity contribution in [1.29, 1.82) is 0 Å². The van der Waals surface area contributed by atoms with Crippen LogP contribution in [0.25, 0.3) is 10.8 Å². The lowest BCUT2D eigenvalue weighted by Gasteiger charge is -2.08. The molecule has 0 N–H and O–H groups in total. The summed E-state index contributed by atoms with van der Waals surface area (Å²) in [5.74, 6) is 0. The molecule has 0 saturated carbocycles. The zero-order valence-electron chi connectivity index (χ0n) is 7.88. The lowest BCUT2D eigenvalue weighted by Crippen LogP contribution is -1.92. The fraction of sp³-hybridized carbons (Fsp3) is 0.167. The number of rotatable bonds is 2. The van der Waals surface area contributed by atoms with Crippen molar-refractivity contribution in [3.63, 3.8) is 0 Å². The fourth-order valence-electron chi connectivity index (χ4n) is 1.62. The van der Waals surface area contributed by atoms with Gasteiger partial charge in [-0.25, -0.2) is 8.78 Å². The lowest BCUT2D eigenvalue weighted by molar-refractivity contribution is 0.150. The Morgan fingerprint density at radius 1 is 1.07 bits per heavy atom. The number of halogens is 3. The van der Waals surface area contributed by atoms with Crippen LogP contribution in [0.4, 0.5) is 8.78 Å². The maximum atomic E-state index is 12.7. The van der Waals surface area contributed by atoms with Gasteiger partial charge in [0.2, 0.25) is 0 Å². The molecule has 15 heavy (non-hydrogen) atoms. The molecule has 0 aliphatic carbocycles. The summed E-state index contributed by atoms with van der Waals surface area (Å²) in [6.45, 7) is 0. The van der Waals surface area contributed by atoms with Gasteiger partial charge in [0, 0.05) is 10.9 Å². The van der Waals surface area contributed by atoms with E-state index in [0.717, 1.165) is 10.8 Å². The first-order valence-electron chi connectivity index (χ1n) is 4.58. The second kappa shape index (κ2) is 4.27. The molecule has 0 heterocycles. The quantitative estimate of drug-likeness (QED) is 0.696. The number of fused-ring (bicyclic) bond motifs is 1. The smallest absolute Gasteiger partial charge is 0.205 e. The molecule has 0 fully saturated rings. The van der Waals surface area contributed by atoms with Crippen LogP contribution >= 0.6 is 15.9 Å². The molecule has 0 amide bonds. The van der Waals surface area contributed by atoms with E-state index in [1.54, 1.807) is 6.07 Å². The average molecular weight is 271 g/mol. The van der Waals surface area contributed by atoms with E-state index in [1.807, 2.05) is 30.3 Å². The molecule has 2 aromatic rings. The molecule has 0 aromatic heterocycles. The van der Waals surface area contributed by atoms with Gasteiger partial charge in [0.05, 0.1) is 0 Å². The SMILES string of the molecule is FC(F)c1cc2ccccc2cc1CBr. The predicted octanol–water partition coefficient (Wildman–Crippen LogP) is 4.67. The van der Waals surface area contributed by atoms with E-state index in [2.05, 4.69) is 15.9 Å². The molecule has 2 aromatic carbocycles. The van der Waals surface area contributed by atoms with Crippen molar-refractivity contribution in [2.24, 2.45) is 0 Å². The molecule has 0 unspecified atom stereocenters. The summed E-state index contributed by atoms with van der Waals surface area (Å²) in [5, 5.41) is 2.31. The molecule has 0 bridgehead atoms. The highest BCUT2D eigenvalue weighted by Gasteiger charge is 2.12. The third kappa shape index (κ3) is 2.02. The number of alkyl halides is 3. The van der Waals surface area contributed by atoms with Gasteiger partial charge in [-0.1, -0.05) is 40.2 Å². The topological polar surface area (TPSA) is 0 Å². The third-order valence-corrected chi connectivity index (χ3v) is 2.99. The summed E-state index contributed by atoms with van der Waals surface area (Å²) in [6, 6.07) is 10.9. The highest BCUT2D eigenvalue weighted by atomic mass is 79.9. The molecule has 0 aliphatic heterocycles. The Labute approximate surface area is 95.0 Å². The molecule has 0 nitrogen and oxygen atoms in total. The molecule has 78 valence electrons. The number of hydrogen-bond acceptors (Lipinski definition) is 0. The van der Waals surface area contributed by atoms with Crippen LogP contribution in [0.1, 0.15) is 17.6 Å². The minimum Gasteiger partial charge on any atom is -0.205 e. The van der Waals surface area contributed by atoms with Crippen LogP contribution in [0.5, 0.6) is 0 Å². The van der Waals surface area contributed by atoms with Gasteiger partial charge in [0.15, 0.2) is 0 Å². The van der Waals surface area contributed by atoms with E-state index < -0.39 is 6.43 Å². The van der Waals surface area contributed by atoms with Crippen LogP contribution in [0.2, 0.25) is 0 Å². The minimum absolute atomic E-state index is 0.116. The molecule has 3 heteroatoms. The van der Waals surface area contributed by atoms with Crippen molar-refractivity contribution in [2.45, 2.75) is 11.8 Å². The number of benzene rings is 2. The second-order valence-corrected chi connectivity index (χ2v) is 3.89. The molecule has 0 atom stereocenters. The van der Waals surface area contributed by atoms with Gasteiger partial charge < -0.3 is 0 Å². The van der Waals surface area contributed by atoms with Crippen LogP contribution in [-0.2, 0) is 5.33 Å². The summed E-state index contributed by atoms with van der Waals surface area (Å²) >= 11 is 3.23. The molecule has 0 aliphatic rings. The Bertz CT molecular complexity index is 480. The van der Waals surface area contributed by atoms with Crippen molar-refractivity contribution < 1.29 is 8.78 Å². The maximum Gasteiger partial charge on any atom is 0.264 e. The summed E-state index contributed by atoms with van der Waals surface area (Å²) in [5.41, 5.74) is 0.772. The van der Waals surface area contributed by atoms with E-state index in [-0.39, 0.29) is 5.56 Å². The first kappa shape index (κ1) is 10.6. The largest absolute Gasteiger partial charge is 0.264 e. The lowest BCUT2D eigenvalue weighted by atomic mass is 10.0. The van der Waals surface area contributed by atoms with Gasteiger partial charge in [-0.2, -0.15) is 0 Å². The van der Waals surface area contributed by atoms with Gasteiger partial charge in [-0.05, 0) is 28.5 Å². The van der Waals surface area contributed by atoms with E-state index in [4.69, 9.17) is 0 Å². The van der Waals surface area contributed by atoms with Crippen molar-refractivity contribution >= 4 is 26.7 Å². The summed E-state index contributed by atoms with van der Waals surface area (Å²) in [7, 11) is 0. The van der Waals surface area contributed by atoms with Gasteiger partial charge in [-0.3, -0.25) is 0 Å². The van der Waals surface area contributed by atoms with E-state index in [1.165, 1.54) is 0 Å². The van der Waals surface area contributed by atoms with Crippen LogP contribution in [-0.4, -0.2) is 0 Å². The maximum absolute atomic E-state index is 12.7. The molecule has 0 spiro atoms. The van der Waals surface area contributed by atoms with Crippen LogP contribution < -0.4 is 0 Å². The first-order chi connectivity index (χ1) is 7.22. The van der Waals surface area contributed by atoms with Gasteiger partial charge >= 0.3 is 0 Å². The van der Waals surface area contributed by atoms with Crippen molar-refractivity contribution in [3.05, 3.63) is 47.5 Å². The van der Waals surface area contributed by atoms with Crippen LogP contribution in [0.3, 0.4) is 0 Å². The fourth-order valence-corrected chi connectivity index (χ4v) is 2.11. The molecule has 0 saturated heterocycles. The Morgan fingerprint density at radius 3 is 2.20 bits per heavy atom. The Balaban J connectivity index is 2.69. The van der Waals surface area contributed by atoms with Gasteiger partial charge in [0.1, 0.15) is 0 Å². The average Bonchev–Trinajstić information content (AvgIpc) is 2.27. The van der Waals surface area contributed by atoms with Crippen molar-refractivity contribution in [2.75, 3.05) is 0 Å². The second-order valence-electron chi connectivity index (χ2n) is 3.33. The van der Waals surface area contributed by atoms with Gasteiger partial charge in [0.25, 0.3) is 6.43 Å². The predicted molar refractivity (Wildman–Crippen MR) is 61.5 cm³/mol. The molecule has 0 radical (unpaired) electrons. The van der Waals surface area contributed by atoms with E-state index in [0.29, 0.717) is 10.9 Å². The van der Waals surface area contributed by atoms with E-state index in [9.17, 15) is 8.78 Å². The molecular formula is C12H9BrF2. The zero-order valence-corrected chi connectivity index (χ0v) is 9.47.